The van der Waals surface area contributed by atoms with Gasteiger partial charge in [-0.3, -0.25) is 0 Å². The van der Waals surface area contributed by atoms with E-state index in [0.29, 0.717) is 0 Å². The van der Waals surface area contributed by atoms with Gasteiger partial charge in [-0.15, -0.1) is 0 Å². The number of rotatable bonds is 4. The molecule has 0 radical (unpaired) electrons. The zero-order valence-electron chi connectivity index (χ0n) is 44.1. The maximum absolute atomic E-state index is 7.63. The van der Waals surface area contributed by atoms with Crippen molar-refractivity contribution in [3.63, 3.8) is 0 Å². The fourth-order valence-electron chi connectivity index (χ4n) is 13.6. The van der Waals surface area contributed by atoms with Crippen LogP contribution in [0.3, 0.4) is 0 Å². The van der Waals surface area contributed by atoms with Crippen molar-refractivity contribution < 1.29 is 4.74 Å². The van der Waals surface area contributed by atoms with Gasteiger partial charge in [0.05, 0.1) is 5.52 Å². The van der Waals surface area contributed by atoms with E-state index in [0.717, 1.165) is 39.8 Å². The SMILES string of the molecule is Cc1ccc(N2c3cccc(C)c3B3c4cc5c(cc4Oc4cc(-c6cc(C)ccc6C)cc2c43)N(c2ccc(C)cc2)c2cc(-c3cc(C)ccc3C)cc3c2B5c2cc(C)cc4c5cc(C)ccc5n-3c24)cc1. The second-order valence-electron chi connectivity index (χ2n) is 22.3. The average Bonchev–Trinajstić information content (AvgIpc) is 3.73. The van der Waals surface area contributed by atoms with Gasteiger partial charge in [0.25, 0.3) is 13.4 Å². The number of ether oxygens (including phenoxy) is 1. The van der Waals surface area contributed by atoms with Crippen LogP contribution in [-0.2, 0) is 0 Å². The number of benzene rings is 10. The highest BCUT2D eigenvalue weighted by Gasteiger charge is 2.48. The fourth-order valence-corrected chi connectivity index (χ4v) is 13.6. The zero-order chi connectivity index (χ0) is 50.9. The van der Waals surface area contributed by atoms with Gasteiger partial charge in [-0.2, -0.15) is 0 Å². The molecule has 5 heterocycles. The van der Waals surface area contributed by atoms with Crippen molar-refractivity contribution in [2.45, 2.75) is 62.3 Å². The van der Waals surface area contributed by atoms with Gasteiger partial charge >= 0.3 is 0 Å². The summed E-state index contributed by atoms with van der Waals surface area (Å²) in [6.07, 6.45) is 0. The van der Waals surface area contributed by atoms with Gasteiger partial charge < -0.3 is 19.1 Å². The summed E-state index contributed by atoms with van der Waals surface area (Å²) in [5, 5.41) is 2.61. The van der Waals surface area contributed by atoms with Crippen LogP contribution >= 0.6 is 0 Å². The van der Waals surface area contributed by atoms with E-state index in [9.17, 15) is 0 Å². The minimum Gasteiger partial charge on any atom is -0.458 e. The minimum atomic E-state index is -0.0921. The molecule has 0 N–H and O–H groups in total. The molecule has 11 aromatic rings. The van der Waals surface area contributed by atoms with Crippen molar-refractivity contribution in [1.82, 2.24) is 4.57 Å². The Morgan fingerprint density at radius 3 is 1.60 bits per heavy atom. The van der Waals surface area contributed by atoms with Crippen LogP contribution in [0.1, 0.15) is 50.1 Å². The van der Waals surface area contributed by atoms with Gasteiger partial charge in [-0.05, 0) is 201 Å². The number of anilines is 6. The molecule has 0 saturated heterocycles. The first kappa shape index (κ1) is 44.1. The van der Waals surface area contributed by atoms with Crippen molar-refractivity contribution >= 4 is 102 Å². The molecule has 15 rings (SSSR count). The van der Waals surface area contributed by atoms with Crippen LogP contribution in [0.2, 0.25) is 0 Å². The van der Waals surface area contributed by atoms with Gasteiger partial charge in [0, 0.05) is 62.2 Å². The molecule has 4 aliphatic heterocycles. The Balaban J connectivity index is 1.07. The van der Waals surface area contributed by atoms with E-state index in [4.69, 9.17) is 4.74 Å². The van der Waals surface area contributed by atoms with E-state index in [1.807, 2.05) is 0 Å². The maximum Gasteiger partial charge on any atom is 0.256 e. The summed E-state index contributed by atoms with van der Waals surface area (Å²) >= 11 is 0. The first-order valence-corrected chi connectivity index (χ1v) is 26.6. The standard InChI is InChI=1S/C69H55B2N3O/c1-38-15-22-49(23-16-38)72-59-12-10-11-46(9)66(59)71-56-36-55-60(37-64(56)75-65-35-48(34-63(72)68(65)71)52-28-41(4)14-21-45(52)8)73(50-24-17-39(2)18-25-50)61-32-47(51-27-40(3)13-20-44(51)7)33-62-67(61)70(55)57-31-43(6)30-54-53-29-42(5)19-26-58(53)74(62)69(54)57/h10-37H,1-9H3. The Kier molecular flexibility index (Phi) is 9.26. The Morgan fingerprint density at radius 1 is 0.347 bits per heavy atom. The summed E-state index contributed by atoms with van der Waals surface area (Å²) in [4.78, 5) is 5.06. The number of fused-ring (bicyclic) bond motifs is 11. The lowest BCUT2D eigenvalue weighted by molar-refractivity contribution is 0.488. The van der Waals surface area contributed by atoms with Gasteiger partial charge in [-0.25, -0.2) is 0 Å². The topological polar surface area (TPSA) is 20.6 Å². The minimum absolute atomic E-state index is 0.0681. The molecule has 1 aromatic heterocycles. The second-order valence-corrected chi connectivity index (χ2v) is 22.3. The Labute approximate surface area is 440 Å². The third-order valence-corrected chi connectivity index (χ3v) is 17.1. The van der Waals surface area contributed by atoms with Crippen molar-refractivity contribution in [1.29, 1.82) is 0 Å². The van der Waals surface area contributed by atoms with Crippen molar-refractivity contribution in [2.75, 3.05) is 9.80 Å². The predicted molar refractivity (Wildman–Crippen MR) is 319 cm³/mol. The lowest BCUT2D eigenvalue weighted by atomic mass is 9.30. The summed E-state index contributed by atoms with van der Waals surface area (Å²) in [6, 6.07) is 65.4. The van der Waals surface area contributed by atoms with E-state index >= 15 is 0 Å². The predicted octanol–water partition coefficient (Wildman–Crippen LogP) is 13.9. The third kappa shape index (κ3) is 6.32. The zero-order valence-corrected chi connectivity index (χ0v) is 44.1. The number of hydrogen-bond acceptors (Lipinski definition) is 3. The third-order valence-electron chi connectivity index (χ3n) is 17.1. The summed E-state index contributed by atoms with van der Waals surface area (Å²) < 4.78 is 10.2. The second kappa shape index (κ2) is 15.8. The molecule has 0 amide bonds. The molecule has 0 spiro atoms. The van der Waals surface area contributed by atoms with Crippen LogP contribution < -0.4 is 47.3 Å². The van der Waals surface area contributed by atoms with Crippen molar-refractivity contribution in [3.05, 3.63) is 220 Å². The van der Waals surface area contributed by atoms with E-state index in [1.165, 1.54) is 138 Å². The molecule has 0 aliphatic carbocycles. The number of hydrogen-bond donors (Lipinski definition) is 0. The highest BCUT2D eigenvalue weighted by Crippen LogP contribution is 2.48. The Hall–Kier alpha value is -8.47. The molecule has 0 unspecified atom stereocenters. The normalized spacial score (nSPS) is 13.4. The van der Waals surface area contributed by atoms with Gasteiger partial charge in [0.2, 0.25) is 0 Å². The van der Waals surface area contributed by atoms with Gasteiger partial charge in [0.15, 0.2) is 0 Å². The molecule has 0 saturated carbocycles. The van der Waals surface area contributed by atoms with Crippen LogP contribution in [0.15, 0.2) is 170 Å². The van der Waals surface area contributed by atoms with Crippen LogP contribution in [0.4, 0.5) is 34.1 Å². The summed E-state index contributed by atoms with van der Waals surface area (Å²) in [7, 11) is 0. The lowest BCUT2D eigenvalue weighted by Gasteiger charge is -2.44. The van der Waals surface area contributed by atoms with Crippen molar-refractivity contribution in [2.24, 2.45) is 0 Å². The van der Waals surface area contributed by atoms with Crippen LogP contribution in [0.25, 0.3) is 49.7 Å². The van der Waals surface area contributed by atoms with Crippen LogP contribution in [0, 0.1) is 62.3 Å². The summed E-state index contributed by atoms with van der Waals surface area (Å²) in [6.45, 7) is 19.9. The van der Waals surface area contributed by atoms with Gasteiger partial charge in [0.1, 0.15) is 11.5 Å². The molecule has 0 atom stereocenters. The molecular weight excluding hydrogens is 908 g/mol. The fraction of sp³-hybridized carbons (Fsp3) is 0.130. The van der Waals surface area contributed by atoms with E-state index < -0.39 is 0 Å². The first-order valence-electron chi connectivity index (χ1n) is 26.6. The molecule has 75 heavy (non-hydrogen) atoms. The molecule has 4 nitrogen and oxygen atoms in total. The molecular formula is C69H55B2N3O. The molecule has 4 aliphatic rings. The molecule has 0 bridgehead atoms. The first-order chi connectivity index (χ1) is 36.4. The monoisotopic (exact) mass is 963 g/mol. The van der Waals surface area contributed by atoms with E-state index in [2.05, 4.69) is 247 Å². The quantitative estimate of drug-likeness (QED) is 0.164. The molecule has 0 fully saturated rings. The molecule has 6 heteroatoms. The van der Waals surface area contributed by atoms with Crippen LogP contribution in [-0.4, -0.2) is 18.0 Å². The Bertz CT molecular complexity index is 4340. The van der Waals surface area contributed by atoms with E-state index in [1.54, 1.807) is 0 Å². The summed E-state index contributed by atoms with van der Waals surface area (Å²) in [5.74, 6) is 1.80. The van der Waals surface area contributed by atoms with Crippen LogP contribution in [0.5, 0.6) is 11.5 Å². The number of aromatic nitrogens is 1. The largest absolute Gasteiger partial charge is 0.458 e. The average molecular weight is 964 g/mol. The van der Waals surface area contributed by atoms with E-state index in [-0.39, 0.29) is 13.4 Å². The lowest BCUT2D eigenvalue weighted by Crippen LogP contribution is -2.64. The molecule has 358 valence electrons. The molecule has 10 aromatic carbocycles. The highest BCUT2D eigenvalue weighted by molar-refractivity contribution is 7.02. The smallest absolute Gasteiger partial charge is 0.256 e. The number of aryl methyl sites for hydroxylation is 9. The summed E-state index contributed by atoms with van der Waals surface area (Å²) in [5.41, 5.74) is 34.5. The highest BCUT2D eigenvalue weighted by atomic mass is 16.5. The maximum atomic E-state index is 7.63. The number of nitrogens with zero attached hydrogens (tertiary/aromatic N) is 3. The Morgan fingerprint density at radius 2 is 0.920 bits per heavy atom. The van der Waals surface area contributed by atoms with Crippen molar-refractivity contribution in [3.8, 4) is 39.4 Å². The van der Waals surface area contributed by atoms with Gasteiger partial charge in [-0.1, -0.05) is 130 Å².